The van der Waals surface area contributed by atoms with E-state index in [0.29, 0.717) is 38.5 Å². The van der Waals surface area contributed by atoms with Crippen LogP contribution >= 0.6 is 11.3 Å². The summed E-state index contributed by atoms with van der Waals surface area (Å²) in [6.45, 7) is 3.54. The second kappa shape index (κ2) is 11.2. The second-order valence-corrected chi connectivity index (χ2v) is 9.37. The number of hydrogen-bond donors (Lipinski definition) is 2. The van der Waals surface area contributed by atoms with Gasteiger partial charge in [0.2, 0.25) is 17.6 Å². The van der Waals surface area contributed by atoms with Gasteiger partial charge in [-0.05, 0) is 44.7 Å². The number of amides is 2. The van der Waals surface area contributed by atoms with Crippen molar-refractivity contribution in [2.24, 2.45) is 0 Å². The third kappa shape index (κ3) is 6.50. The van der Waals surface area contributed by atoms with E-state index in [1.807, 2.05) is 0 Å². The van der Waals surface area contributed by atoms with E-state index in [2.05, 4.69) is 25.8 Å². The molecule has 1 aliphatic carbocycles. The van der Waals surface area contributed by atoms with Gasteiger partial charge < -0.3 is 19.9 Å². The Hall–Kier alpha value is -3.60. The van der Waals surface area contributed by atoms with Gasteiger partial charge in [-0.15, -0.1) is 0 Å². The molecule has 1 fully saturated rings. The monoisotopic (exact) mass is 497 g/mol. The molecule has 10 nitrogen and oxygen atoms in total. The molecule has 2 heterocycles. The quantitative estimate of drug-likeness (QED) is 0.445. The molecule has 1 aromatic carbocycles. The van der Waals surface area contributed by atoms with Crippen molar-refractivity contribution in [1.82, 2.24) is 20.4 Å². The summed E-state index contributed by atoms with van der Waals surface area (Å²) in [6.07, 6.45) is 5.10. The minimum Gasteiger partial charge on any atom is -0.458 e. The molecule has 0 atom stereocenters. The Morgan fingerprint density at radius 3 is 2.69 bits per heavy atom. The number of nitrogens with one attached hydrogen (secondary N) is 2. The van der Waals surface area contributed by atoms with Crippen LogP contribution in [0.1, 0.15) is 70.1 Å². The highest BCUT2D eigenvalue weighted by atomic mass is 32.1. The third-order valence-corrected chi connectivity index (χ3v) is 6.66. The molecule has 3 aromatic rings. The molecule has 0 saturated heterocycles. The Balaban J connectivity index is 1.25. The van der Waals surface area contributed by atoms with Crippen LogP contribution in [0.5, 0.6) is 0 Å². The number of rotatable bonds is 8. The summed E-state index contributed by atoms with van der Waals surface area (Å²) in [5, 5.41) is 9.60. The van der Waals surface area contributed by atoms with Crippen molar-refractivity contribution in [2.45, 2.75) is 58.5 Å². The zero-order valence-electron chi connectivity index (χ0n) is 19.6. The van der Waals surface area contributed by atoms with E-state index in [1.165, 1.54) is 6.42 Å². The molecule has 2 amide bonds. The molecule has 0 radical (unpaired) electrons. The first kappa shape index (κ1) is 24.5. The molecule has 11 heteroatoms. The van der Waals surface area contributed by atoms with Crippen molar-refractivity contribution in [3.8, 4) is 11.4 Å². The molecule has 0 spiro atoms. The van der Waals surface area contributed by atoms with Gasteiger partial charge in [0.25, 0.3) is 5.91 Å². The Morgan fingerprint density at radius 2 is 1.94 bits per heavy atom. The molecule has 0 unspecified atom stereocenters. The minimum atomic E-state index is -0.391. The van der Waals surface area contributed by atoms with E-state index in [-0.39, 0.29) is 30.9 Å². The van der Waals surface area contributed by atoms with E-state index in [4.69, 9.17) is 9.26 Å². The smallest absolute Gasteiger partial charge is 0.350 e. The highest BCUT2D eigenvalue weighted by Gasteiger charge is 2.23. The minimum absolute atomic E-state index is 0.0450. The Kier molecular flexibility index (Phi) is 7.86. The summed E-state index contributed by atoms with van der Waals surface area (Å²) < 4.78 is 10.6. The van der Waals surface area contributed by atoms with Crippen molar-refractivity contribution < 1.29 is 23.6 Å². The summed E-state index contributed by atoms with van der Waals surface area (Å²) in [4.78, 5) is 46.2. The van der Waals surface area contributed by atoms with E-state index in [0.717, 1.165) is 37.0 Å². The van der Waals surface area contributed by atoms with E-state index in [1.54, 1.807) is 38.1 Å². The van der Waals surface area contributed by atoms with Crippen LogP contribution in [0.4, 0.5) is 5.13 Å². The fraction of sp³-hybridized carbons (Fsp3) is 0.417. The van der Waals surface area contributed by atoms with Crippen LogP contribution in [0.3, 0.4) is 0 Å². The first-order valence-corrected chi connectivity index (χ1v) is 12.4. The standard InChI is InChI=1S/C24H27N5O5S/c1-14-20(23(32)33-18-9-4-3-5-10-18)35-24(26-14)28-19(30)11-12-25-22(31)17-8-6-7-16(13-17)21-27-15(2)34-29-21/h6-8,13,18H,3-5,9-12H2,1-2H3,(H,25,31)(H,26,28,30). The maximum absolute atomic E-state index is 12.5. The third-order valence-electron chi connectivity index (χ3n) is 5.60. The zero-order chi connectivity index (χ0) is 24.8. The molecule has 0 aliphatic heterocycles. The number of thiazole rings is 1. The van der Waals surface area contributed by atoms with Crippen molar-refractivity contribution in [3.63, 3.8) is 0 Å². The molecule has 2 aromatic heterocycles. The number of nitrogens with zero attached hydrogens (tertiary/aromatic N) is 3. The number of aryl methyl sites for hydroxylation is 2. The number of aromatic nitrogens is 3. The number of esters is 1. The molecule has 1 aliphatic rings. The molecule has 4 rings (SSSR count). The van der Waals surface area contributed by atoms with Gasteiger partial charge in [-0.2, -0.15) is 4.98 Å². The van der Waals surface area contributed by atoms with Gasteiger partial charge in [0.05, 0.1) is 5.69 Å². The van der Waals surface area contributed by atoms with Crippen LogP contribution in [-0.4, -0.2) is 45.6 Å². The molecule has 184 valence electrons. The Labute approximate surface area is 206 Å². The maximum Gasteiger partial charge on any atom is 0.350 e. The number of carbonyl (C=O) groups excluding carboxylic acids is 3. The second-order valence-electron chi connectivity index (χ2n) is 8.37. The number of ether oxygens (including phenoxy) is 1. The number of carbonyl (C=O) groups is 3. The highest BCUT2D eigenvalue weighted by Crippen LogP contribution is 2.26. The van der Waals surface area contributed by atoms with Gasteiger partial charge >= 0.3 is 5.97 Å². The fourth-order valence-electron chi connectivity index (χ4n) is 3.82. The molecule has 0 bridgehead atoms. The van der Waals surface area contributed by atoms with Crippen molar-refractivity contribution in [3.05, 3.63) is 46.3 Å². The Bertz CT molecular complexity index is 1210. The fourth-order valence-corrected chi connectivity index (χ4v) is 4.68. The molecule has 2 N–H and O–H groups in total. The predicted molar refractivity (Wildman–Crippen MR) is 129 cm³/mol. The number of benzene rings is 1. The molecule has 1 saturated carbocycles. The largest absolute Gasteiger partial charge is 0.458 e. The highest BCUT2D eigenvalue weighted by molar-refractivity contribution is 7.17. The van der Waals surface area contributed by atoms with Gasteiger partial charge in [0, 0.05) is 31.0 Å². The summed E-state index contributed by atoms with van der Waals surface area (Å²) in [5.74, 6) is -0.195. The number of hydrogen-bond acceptors (Lipinski definition) is 9. The summed E-state index contributed by atoms with van der Waals surface area (Å²) in [7, 11) is 0. The van der Waals surface area contributed by atoms with Gasteiger partial charge in [-0.3, -0.25) is 9.59 Å². The molecular weight excluding hydrogens is 470 g/mol. The average Bonchev–Trinajstić information content (AvgIpc) is 3.45. The van der Waals surface area contributed by atoms with Crippen molar-refractivity contribution >= 4 is 34.3 Å². The predicted octanol–water partition coefficient (Wildman–Crippen LogP) is 4.06. The van der Waals surface area contributed by atoms with Crippen LogP contribution in [0, 0.1) is 13.8 Å². The lowest BCUT2D eigenvalue weighted by Crippen LogP contribution is -2.27. The van der Waals surface area contributed by atoms with Crippen LogP contribution in [0.25, 0.3) is 11.4 Å². The van der Waals surface area contributed by atoms with Gasteiger partial charge in [0.1, 0.15) is 11.0 Å². The van der Waals surface area contributed by atoms with Gasteiger partial charge in [0.15, 0.2) is 5.13 Å². The van der Waals surface area contributed by atoms with Crippen LogP contribution < -0.4 is 10.6 Å². The van der Waals surface area contributed by atoms with Gasteiger partial charge in [-0.1, -0.05) is 35.0 Å². The lowest BCUT2D eigenvalue weighted by Gasteiger charge is -2.21. The maximum atomic E-state index is 12.5. The van der Waals surface area contributed by atoms with Crippen molar-refractivity contribution in [2.75, 3.05) is 11.9 Å². The van der Waals surface area contributed by atoms with E-state index in [9.17, 15) is 14.4 Å². The van der Waals surface area contributed by atoms with Crippen LogP contribution in [0.2, 0.25) is 0 Å². The topological polar surface area (TPSA) is 136 Å². The normalized spacial score (nSPS) is 13.9. The van der Waals surface area contributed by atoms with Gasteiger partial charge in [-0.25, -0.2) is 9.78 Å². The SMILES string of the molecule is Cc1nc(-c2cccc(C(=O)NCCC(=O)Nc3nc(C)c(C(=O)OC4CCCCC4)s3)c2)no1. The van der Waals surface area contributed by atoms with E-state index >= 15 is 0 Å². The molecular formula is C24H27N5O5S. The first-order chi connectivity index (χ1) is 16.9. The summed E-state index contributed by atoms with van der Waals surface area (Å²) >= 11 is 1.10. The summed E-state index contributed by atoms with van der Waals surface area (Å²) in [6, 6.07) is 6.83. The lowest BCUT2D eigenvalue weighted by molar-refractivity contribution is -0.116. The number of anilines is 1. The average molecular weight is 498 g/mol. The summed E-state index contributed by atoms with van der Waals surface area (Å²) in [5.41, 5.74) is 1.60. The van der Waals surface area contributed by atoms with E-state index < -0.39 is 5.97 Å². The zero-order valence-corrected chi connectivity index (χ0v) is 20.4. The van der Waals surface area contributed by atoms with Crippen molar-refractivity contribution in [1.29, 1.82) is 0 Å². The lowest BCUT2D eigenvalue weighted by atomic mass is 9.98. The van der Waals surface area contributed by atoms with Crippen LogP contribution in [-0.2, 0) is 9.53 Å². The first-order valence-electron chi connectivity index (χ1n) is 11.6. The van der Waals surface area contributed by atoms with Crippen LogP contribution in [0.15, 0.2) is 28.8 Å². The Morgan fingerprint density at radius 1 is 1.14 bits per heavy atom. The molecule has 35 heavy (non-hydrogen) atoms.